The van der Waals surface area contributed by atoms with Crippen LogP contribution >= 0.6 is 15.9 Å². The molecule has 0 atom stereocenters. The van der Waals surface area contributed by atoms with Gasteiger partial charge in [0.1, 0.15) is 17.5 Å². The van der Waals surface area contributed by atoms with Crippen molar-refractivity contribution in [3.8, 4) is 17.3 Å². The second-order valence-electron chi connectivity index (χ2n) is 4.16. The second-order valence-corrected chi connectivity index (χ2v) is 5.01. The molecule has 1 aromatic heterocycles. The lowest BCUT2D eigenvalue weighted by Gasteiger charge is -2.15. The fraction of sp³-hybridized carbons (Fsp3) is 0.231. The Balaban J connectivity index is 2.22. The number of fused-ring (bicyclic) bond motifs is 1. The van der Waals surface area contributed by atoms with Gasteiger partial charge in [-0.3, -0.25) is 0 Å². The molecule has 0 bridgehead atoms. The van der Waals surface area contributed by atoms with Crippen LogP contribution in [0.25, 0.3) is 11.3 Å². The number of hydrogen-bond acceptors (Lipinski definition) is 3. The molecule has 1 aliphatic heterocycles. The van der Waals surface area contributed by atoms with Crippen molar-refractivity contribution in [3.05, 3.63) is 34.4 Å². The normalized spacial score (nSPS) is 13.6. The molecule has 1 N–H and O–H groups in total. The van der Waals surface area contributed by atoms with Gasteiger partial charge in [0, 0.05) is 23.1 Å². The Morgan fingerprint density at radius 3 is 3.00 bits per heavy atom. The first-order valence-electron chi connectivity index (χ1n) is 5.80. The highest BCUT2D eigenvalue weighted by molar-refractivity contribution is 9.10. The molecule has 90 valence electrons. The number of anilines is 1. The Morgan fingerprint density at radius 2 is 2.22 bits per heavy atom. The van der Waals surface area contributed by atoms with Gasteiger partial charge in [-0.15, -0.1) is 0 Å². The van der Waals surface area contributed by atoms with E-state index in [0.29, 0.717) is 5.69 Å². The number of benzene rings is 1. The number of aromatic nitrogens is 2. The lowest BCUT2D eigenvalue weighted by Crippen LogP contribution is -2.18. The van der Waals surface area contributed by atoms with E-state index in [9.17, 15) is 5.26 Å². The van der Waals surface area contributed by atoms with Crippen LogP contribution in [0.4, 0.5) is 5.95 Å². The summed E-state index contributed by atoms with van der Waals surface area (Å²) in [6, 6.07) is 10.1. The quantitative estimate of drug-likeness (QED) is 0.881. The monoisotopic (exact) mass is 302 g/mol. The second kappa shape index (κ2) is 4.46. The van der Waals surface area contributed by atoms with Crippen molar-refractivity contribution in [1.29, 1.82) is 5.26 Å². The van der Waals surface area contributed by atoms with E-state index in [1.165, 1.54) is 0 Å². The van der Waals surface area contributed by atoms with Crippen LogP contribution in [-0.4, -0.2) is 16.1 Å². The van der Waals surface area contributed by atoms with Crippen LogP contribution in [0.2, 0.25) is 0 Å². The topological polar surface area (TPSA) is 53.6 Å². The van der Waals surface area contributed by atoms with E-state index in [1.807, 2.05) is 28.8 Å². The van der Waals surface area contributed by atoms with Gasteiger partial charge in [-0.25, -0.2) is 4.98 Å². The standard InChI is InChI=1S/C13H11BrN4/c14-10-5-2-1-4-9(10)12-11(8-15)18-7-3-6-16-13(18)17-12/h1-2,4-5H,3,6-7H2,(H,16,17). The van der Waals surface area contributed by atoms with Crippen molar-refractivity contribution >= 4 is 21.9 Å². The van der Waals surface area contributed by atoms with E-state index in [4.69, 9.17) is 0 Å². The van der Waals surface area contributed by atoms with Gasteiger partial charge < -0.3 is 9.88 Å². The van der Waals surface area contributed by atoms with Crippen molar-refractivity contribution in [3.63, 3.8) is 0 Å². The SMILES string of the molecule is N#Cc1c(-c2ccccc2Br)nc2n1CCCN2. The Bertz CT molecular complexity index is 639. The van der Waals surface area contributed by atoms with Crippen molar-refractivity contribution in [1.82, 2.24) is 9.55 Å². The summed E-state index contributed by atoms with van der Waals surface area (Å²) in [7, 11) is 0. The Kier molecular flexibility index (Phi) is 2.80. The molecule has 3 rings (SSSR count). The first-order valence-corrected chi connectivity index (χ1v) is 6.60. The van der Waals surface area contributed by atoms with E-state index in [0.717, 1.165) is 41.2 Å². The van der Waals surface area contributed by atoms with Crippen LogP contribution < -0.4 is 5.32 Å². The summed E-state index contributed by atoms with van der Waals surface area (Å²) in [5.41, 5.74) is 2.33. The summed E-state index contributed by atoms with van der Waals surface area (Å²) < 4.78 is 2.91. The lowest BCUT2D eigenvalue weighted by molar-refractivity contribution is 0.622. The zero-order valence-corrected chi connectivity index (χ0v) is 11.2. The van der Waals surface area contributed by atoms with Crippen molar-refractivity contribution in [2.45, 2.75) is 13.0 Å². The van der Waals surface area contributed by atoms with Crippen molar-refractivity contribution in [2.24, 2.45) is 0 Å². The van der Waals surface area contributed by atoms with Crippen LogP contribution in [0.3, 0.4) is 0 Å². The third-order valence-corrected chi connectivity index (χ3v) is 3.74. The van der Waals surface area contributed by atoms with Gasteiger partial charge in [0.2, 0.25) is 5.95 Å². The molecule has 1 aliphatic rings. The summed E-state index contributed by atoms with van der Waals surface area (Å²) in [6.45, 7) is 1.76. The Hall–Kier alpha value is -1.80. The van der Waals surface area contributed by atoms with Crippen LogP contribution in [0, 0.1) is 11.3 Å². The van der Waals surface area contributed by atoms with Gasteiger partial charge >= 0.3 is 0 Å². The van der Waals surface area contributed by atoms with Gasteiger partial charge in [-0.05, 0) is 12.5 Å². The molecular weight excluding hydrogens is 292 g/mol. The number of imidazole rings is 1. The van der Waals surface area contributed by atoms with E-state index in [1.54, 1.807) is 0 Å². The maximum absolute atomic E-state index is 9.36. The van der Waals surface area contributed by atoms with Crippen LogP contribution in [-0.2, 0) is 6.54 Å². The molecule has 0 fully saturated rings. The zero-order valence-electron chi connectivity index (χ0n) is 9.65. The largest absolute Gasteiger partial charge is 0.356 e. The molecule has 1 aromatic carbocycles. The minimum Gasteiger partial charge on any atom is -0.356 e. The molecule has 0 unspecified atom stereocenters. The molecule has 0 saturated carbocycles. The number of hydrogen-bond donors (Lipinski definition) is 1. The van der Waals surface area contributed by atoms with Crippen LogP contribution in [0.1, 0.15) is 12.1 Å². The molecule has 4 nitrogen and oxygen atoms in total. The number of nitriles is 1. The van der Waals surface area contributed by atoms with E-state index < -0.39 is 0 Å². The predicted octanol–water partition coefficient (Wildman–Crippen LogP) is 3.00. The molecule has 2 heterocycles. The third-order valence-electron chi connectivity index (χ3n) is 3.04. The number of halogens is 1. The highest BCUT2D eigenvalue weighted by Gasteiger charge is 2.21. The molecule has 5 heteroatoms. The summed E-state index contributed by atoms with van der Waals surface area (Å²) >= 11 is 3.51. The van der Waals surface area contributed by atoms with E-state index in [2.05, 4.69) is 32.3 Å². The number of rotatable bonds is 1. The fourth-order valence-corrected chi connectivity index (χ4v) is 2.67. The number of nitrogens with one attached hydrogen (secondary N) is 1. The summed E-state index contributed by atoms with van der Waals surface area (Å²) in [5.74, 6) is 0.795. The lowest BCUT2D eigenvalue weighted by atomic mass is 10.1. The average Bonchev–Trinajstić information content (AvgIpc) is 2.77. The van der Waals surface area contributed by atoms with Crippen LogP contribution in [0.15, 0.2) is 28.7 Å². The molecule has 0 radical (unpaired) electrons. The molecule has 0 spiro atoms. The number of nitrogens with zero attached hydrogens (tertiary/aromatic N) is 3. The van der Waals surface area contributed by atoms with Gasteiger partial charge in [-0.1, -0.05) is 34.1 Å². The molecule has 0 amide bonds. The summed E-state index contributed by atoms with van der Waals surface area (Å²) in [4.78, 5) is 4.55. The smallest absolute Gasteiger partial charge is 0.204 e. The highest BCUT2D eigenvalue weighted by Crippen LogP contribution is 2.32. The van der Waals surface area contributed by atoms with Gasteiger partial charge in [0.05, 0.1) is 0 Å². The fourth-order valence-electron chi connectivity index (χ4n) is 2.20. The summed E-state index contributed by atoms with van der Waals surface area (Å²) in [5, 5.41) is 12.6. The molecule has 18 heavy (non-hydrogen) atoms. The predicted molar refractivity (Wildman–Crippen MR) is 73.2 cm³/mol. The minimum atomic E-state index is 0.629. The Morgan fingerprint density at radius 1 is 1.39 bits per heavy atom. The van der Waals surface area contributed by atoms with E-state index in [-0.39, 0.29) is 0 Å². The van der Waals surface area contributed by atoms with Gasteiger partial charge in [-0.2, -0.15) is 5.26 Å². The maximum atomic E-state index is 9.36. The summed E-state index contributed by atoms with van der Waals surface area (Å²) in [6.07, 6.45) is 1.02. The zero-order chi connectivity index (χ0) is 12.5. The Labute approximate surface area is 113 Å². The molecule has 0 aliphatic carbocycles. The van der Waals surface area contributed by atoms with E-state index >= 15 is 0 Å². The maximum Gasteiger partial charge on any atom is 0.204 e. The van der Waals surface area contributed by atoms with Crippen molar-refractivity contribution < 1.29 is 0 Å². The average molecular weight is 303 g/mol. The molecular formula is C13H11BrN4. The first kappa shape index (κ1) is 11.3. The van der Waals surface area contributed by atoms with Gasteiger partial charge in [0.15, 0.2) is 0 Å². The van der Waals surface area contributed by atoms with Gasteiger partial charge in [0.25, 0.3) is 0 Å². The third kappa shape index (κ3) is 1.70. The molecule has 0 saturated heterocycles. The molecule has 2 aromatic rings. The first-order chi connectivity index (χ1) is 8.81. The highest BCUT2D eigenvalue weighted by atomic mass is 79.9. The van der Waals surface area contributed by atoms with Crippen molar-refractivity contribution in [2.75, 3.05) is 11.9 Å². The van der Waals surface area contributed by atoms with Crippen LogP contribution in [0.5, 0.6) is 0 Å². The minimum absolute atomic E-state index is 0.629.